The van der Waals surface area contributed by atoms with E-state index in [4.69, 9.17) is 5.11 Å². The van der Waals surface area contributed by atoms with Crippen molar-refractivity contribution in [2.24, 2.45) is 17.8 Å². The molecule has 0 spiro atoms. The Morgan fingerprint density at radius 3 is 2.40 bits per heavy atom. The minimum atomic E-state index is -2.76. The monoisotopic (exact) mass is 284 g/mol. The van der Waals surface area contributed by atoms with Gasteiger partial charge in [0.1, 0.15) is 5.69 Å². The van der Waals surface area contributed by atoms with Crippen LogP contribution < -0.4 is 0 Å². The normalized spacial score (nSPS) is 27.8. The van der Waals surface area contributed by atoms with Crippen LogP contribution >= 0.6 is 0 Å². The first kappa shape index (κ1) is 13.1. The van der Waals surface area contributed by atoms with Crippen LogP contribution in [0.4, 0.5) is 8.78 Å². The van der Waals surface area contributed by atoms with Crippen LogP contribution in [0.25, 0.3) is 0 Å². The third-order valence-corrected chi connectivity index (χ3v) is 4.30. The molecule has 2 heterocycles. The molecule has 3 rings (SSSR count). The summed E-state index contributed by atoms with van der Waals surface area (Å²) in [7, 11) is 0. The molecule has 0 bridgehead atoms. The number of amides is 1. The van der Waals surface area contributed by atoms with Crippen molar-refractivity contribution in [1.29, 1.82) is 0 Å². The summed E-state index contributed by atoms with van der Waals surface area (Å²) in [4.78, 5) is 24.6. The molecule has 108 valence electrons. The Morgan fingerprint density at radius 1 is 1.30 bits per heavy atom. The molecule has 5 nitrogen and oxygen atoms in total. The molecule has 1 aliphatic heterocycles. The van der Waals surface area contributed by atoms with E-state index >= 15 is 0 Å². The zero-order valence-electron chi connectivity index (χ0n) is 10.8. The van der Waals surface area contributed by atoms with Crippen LogP contribution in [0.15, 0.2) is 12.1 Å². The number of carbonyl (C=O) groups is 2. The summed E-state index contributed by atoms with van der Waals surface area (Å²) < 4.78 is 26.6. The van der Waals surface area contributed by atoms with E-state index < -0.39 is 18.4 Å². The van der Waals surface area contributed by atoms with E-state index in [1.54, 1.807) is 0 Å². The zero-order valence-corrected chi connectivity index (χ0v) is 10.8. The molecule has 0 aromatic carbocycles. The summed E-state index contributed by atoms with van der Waals surface area (Å²) in [6.45, 7) is -0.556. The first-order valence-electron chi connectivity index (χ1n) is 6.40. The maximum Gasteiger partial charge on any atom is 0.319 e. The lowest BCUT2D eigenvalue weighted by molar-refractivity contribution is -0.139. The highest BCUT2D eigenvalue weighted by atomic mass is 19.3. The molecule has 1 amide bonds. The van der Waals surface area contributed by atoms with E-state index in [2.05, 4.69) is 0 Å². The maximum atomic E-state index is 12.9. The van der Waals surface area contributed by atoms with Gasteiger partial charge < -0.3 is 10.0 Å². The second-order valence-corrected chi connectivity index (χ2v) is 5.41. The molecule has 1 N–H and O–H groups in total. The van der Waals surface area contributed by atoms with Gasteiger partial charge in [-0.15, -0.1) is 0 Å². The predicted octanol–water partition coefficient (Wildman–Crippen LogP) is 1.59. The fourth-order valence-corrected chi connectivity index (χ4v) is 3.20. The van der Waals surface area contributed by atoms with Gasteiger partial charge in [-0.25, -0.2) is 0 Å². The van der Waals surface area contributed by atoms with Gasteiger partial charge in [-0.1, -0.05) is 0 Å². The van der Waals surface area contributed by atoms with Crippen LogP contribution in [-0.4, -0.2) is 39.5 Å². The number of aliphatic carboxylic acids is 1. The van der Waals surface area contributed by atoms with Crippen LogP contribution in [0.2, 0.25) is 0 Å². The Hall–Kier alpha value is -1.92. The van der Waals surface area contributed by atoms with E-state index in [0.717, 1.165) is 0 Å². The Bertz CT molecular complexity index is 572. The number of carbonyl (C=O) groups excluding carboxylic acids is 1. The molecule has 7 heteroatoms. The molecule has 2 fully saturated rings. The topological polar surface area (TPSA) is 62.5 Å². The van der Waals surface area contributed by atoms with Gasteiger partial charge in [0.15, 0.2) is 0 Å². The van der Waals surface area contributed by atoms with Gasteiger partial charge >= 0.3 is 12.5 Å². The second kappa shape index (κ2) is 4.29. The van der Waals surface area contributed by atoms with Gasteiger partial charge in [0.2, 0.25) is 0 Å². The fraction of sp³-hybridized carbons (Fsp3) is 0.538. The Morgan fingerprint density at radius 2 is 1.90 bits per heavy atom. The number of hydrogen-bond acceptors (Lipinski definition) is 2. The van der Waals surface area contributed by atoms with Crippen molar-refractivity contribution < 1.29 is 23.5 Å². The van der Waals surface area contributed by atoms with E-state index in [0.29, 0.717) is 23.4 Å². The number of likely N-dealkylation sites (tertiary alicyclic amines) is 1. The van der Waals surface area contributed by atoms with E-state index in [9.17, 15) is 18.4 Å². The molecular formula is C13H14F2N2O3. The van der Waals surface area contributed by atoms with Crippen LogP contribution in [-0.2, 0) is 4.79 Å². The fourth-order valence-electron chi connectivity index (χ4n) is 3.20. The van der Waals surface area contributed by atoms with Crippen molar-refractivity contribution in [1.82, 2.24) is 9.47 Å². The number of nitrogens with zero attached hydrogens (tertiary/aromatic N) is 2. The summed E-state index contributed by atoms with van der Waals surface area (Å²) >= 11 is 0. The van der Waals surface area contributed by atoms with Gasteiger partial charge in [-0.3, -0.25) is 14.2 Å². The Labute approximate surface area is 113 Å². The van der Waals surface area contributed by atoms with E-state index in [-0.39, 0.29) is 23.4 Å². The zero-order chi connectivity index (χ0) is 14.6. The summed E-state index contributed by atoms with van der Waals surface area (Å²) in [6, 6.07) is 2.87. The van der Waals surface area contributed by atoms with Crippen LogP contribution in [0, 0.1) is 24.7 Å². The Balaban J connectivity index is 1.75. The number of alkyl halides is 2. The highest BCUT2D eigenvalue weighted by molar-refractivity contribution is 5.93. The molecule has 1 aliphatic carbocycles. The quantitative estimate of drug-likeness (QED) is 0.917. The number of piperidine rings is 1. The maximum absolute atomic E-state index is 12.9. The molecule has 0 radical (unpaired) electrons. The molecular weight excluding hydrogens is 270 g/mol. The average molecular weight is 284 g/mol. The average Bonchev–Trinajstić information content (AvgIpc) is 2.73. The number of aryl methyl sites for hydroxylation is 1. The van der Waals surface area contributed by atoms with Crippen molar-refractivity contribution in [2.45, 2.75) is 13.5 Å². The molecule has 20 heavy (non-hydrogen) atoms. The number of halogens is 2. The summed E-state index contributed by atoms with van der Waals surface area (Å²) in [5, 5.41) is 8.91. The van der Waals surface area contributed by atoms with Crippen molar-refractivity contribution >= 4 is 11.9 Å². The highest BCUT2D eigenvalue weighted by Gasteiger charge is 2.60. The number of rotatable bonds is 3. The minimum absolute atomic E-state index is 0.0208. The van der Waals surface area contributed by atoms with E-state index in [1.165, 1.54) is 24.0 Å². The number of carboxylic acids is 1. The number of aromatic nitrogens is 1. The number of hydrogen-bond donors (Lipinski definition) is 1. The smallest absolute Gasteiger partial charge is 0.319 e. The molecule has 1 saturated carbocycles. The number of fused-ring (bicyclic) bond motifs is 1. The van der Waals surface area contributed by atoms with Crippen molar-refractivity contribution in [3.63, 3.8) is 0 Å². The third kappa shape index (κ3) is 1.80. The Kier molecular flexibility index (Phi) is 2.81. The molecule has 1 aromatic rings. The van der Waals surface area contributed by atoms with Crippen molar-refractivity contribution in [3.8, 4) is 0 Å². The van der Waals surface area contributed by atoms with Gasteiger partial charge in [-0.2, -0.15) is 8.78 Å². The first-order chi connectivity index (χ1) is 9.41. The standard InChI is InChI=1S/C13H14F2N2O3/c1-6-2-3-9(17(6)13(14)15)11(18)16-4-7-8(5-16)10(7)12(19)20/h2-3,7-8,10,13H,4-5H2,1H3,(H,19,20)/t7-,8+,10?. The van der Waals surface area contributed by atoms with Crippen LogP contribution in [0.1, 0.15) is 22.7 Å². The van der Waals surface area contributed by atoms with Crippen molar-refractivity contribution in [2.75, 3.05) is 13.1 Å². The van der Waals surface area contributed by atoms with Crippen molar-refractivity contribution in [3.05, 3.63) is 23.5 Å². The van der Waals surface area contributed by atoms with Crippen LogP contribution in [0.5, 0.6) is 0 Å². The summed E-state index contributed by atoms with van der Waals surface area (Å²) in [5.74, 6) is -1.70. The minimum Gasteiger partial charge on any atom is -0.481 e. The third-order valence-electron chi connectivity index (χ3n) is 4.30. The molecule has 1 saturated heterocycles. The van der Waals surface area contributed by atoms with Crippen LogP contribution in [0.3, 0.4) is 0 Å². The molecule has 1 aromatic heterocycles. The lowest BCUT2D eigenvalue weighted by Crippen LogP contribution is -2.34. The van der Waals surface area contributed by atoms with Gasteiger partial charge in [0.25, 0.3) is 5.91 Å². The number of carboxylic acid groups (broad SMARTS) is 1. The lowest BCUT2D eigenvalue weighted by atomic mass is 10.2. The second-order valence-electron chi connectivity index (χ2n) is 5.41. The predicted molar refractivity (Wildman–Crippen MR) is 64.4 cm³/mol. The molecule has 3 atom stereocenters. The van der Waals surface area contributed by atoms with Gasteiger partial charge in [-0.05, 0) is 30.9 Å². The summed E-state index contributed by atoms with van der Waals surface area (Å²) in [5.41, 5.74) is 0.293. The van der Waals surface area contributed by atoms with Gasteiger partial charge in [0.05, 0.1) is 5.92 Å². The lowest BCUT2D eigenvalue weighted by Gasteiger charge is -2.20. The van der Waals surface area contributed by atoms with Gasteiger partial charge in [0, 0.05) is 18.8 Å². The SMILES string of the molecule is Cc1ccc(C(=O)N2C[C@@H]3C(C(=O)O)[C@@H]3C2)n1C(F)F. The van der Waals surface area contributed by atoms with E-state index in [1.807, 2.05) is 0 Å². The first-order valence-corrected chi connectivity index (χ1v) is 6.40. The summed E-state index contributed by atoms with van der Waals surface area (Å²) in [6.07, 6.45) is 0. The highest BCUT2D eigenvalue weighted by Crippen LogP contribution is 2.52. The molecule has 2 aliphatic rings. The largest absolute Gasteiger partial charge is 0.481 e. The molecule has 1 unspecified atom stereocenters.